The summed E-state index contributed by atoms with van der Waals surface area (Å²) < 4.78 is 7.31. The highest BCUT2D eigenvalue weighted by molar-refractivity contribution is 5.78. The molecular weight excluding hydrogens is 470 g/mol. The highest BCUT2D eigenvalue weighted by Gasteiger charge is 2.45. The summed E-state index contributed by atoms with van der Waals surface area (Å²) in [5.74, 6) is 1.37. The van der Waals surface area contributed by atoms with Gasteiger partial charge in [-0.25, -0.2) is 4.79 Å². The standard InChI is InChI=1S/C28H29N5O4/c1-18-5-2-3-6-22(18)31-16-19-15-24(31)32(17-19)25(34)7-4-14-37-21-10-8-20(9-11-21)33-23-12-13-29-26(23)27(35)30-28(33)36/h2-3,5-6,8-13,19,24,29H,4,7,14-17H2,1H3,(H,30,35,36). The number of aromatic amines is 2. The molecule has 1 amide bonds. The zero-order chi connectivity index (χ0) is 25.5. The number of likely N-dealkylation sites (tertiary alicyclic amines) is 1. The molecule has 4 aromatic rings. The highest BCUT2D eigenvalue weighted by atomic mass is 16.5. The molecule has 190 valence electrons. The molecule has 2 aromatic carbocycles. The summed E-state index contributed by atoms with van der Waals surface area (Å²) in [5.41, 5.74) is 3.00. The molecule has 9 nitrogen and oxygen atoms in total. The van der Waals surface area contributed by atoms with E-state index in [1.54, 1.807) is 36.5 Å². The third kappa shape index (κ3) is 4.20. The number of hydrogen-bond acceptors (Lipinski definition) is 5. The van der Waals surface area contributed by atoms with Gasteiger partial charge in [-0.2, -0.15) is 0 Å². The quantitative estimate of drug-likeness (QED) is 0.380. The lowest BCUT2D eigenvalue weighted by Crippen LogP contribution is -2.50. The molecule has 2 N–H and O–H groups in total. The Morgan fingerprint density at radius 1 is 1.05 bits per heavy atom. The fraction of sp³-hybridized carbons (Fsp3) is 0.321. The van der Waals surface area contributed by atoms with Crippen LogP contribution in [0.1, 0.15) is 24.8 Å². The van der Waals surface area contributed by atoms with E-state index in [4.69, 9.17) is 4.74 Å². The number of nitrogens with one attached hydrogen (secondary N) is 2. The summed E-state index contributed by atoms with van der Waals surface area (Å²) in [7, 11) is 0. The van der Waals surface area contributed by atoms with Gasteiger partial charge in [-0.1, -0.05) is 18.2 Å². The number of para-hydroxylation sites is 1. The maximum absolute atomic E-state index is 13.0. The van der Waals surface area contributed by atoms with Gasteiger partial charge < -0.3 is 19.5 Å². The number of carbonyl (C=O) groups excluding carboxylic acids is 1. The number of rotatable bonds is 7. The van der Waals surface area contributed by atoms with Crippen LogP contribution in [0.4, 0.5) is 5.69 Å². The van der Waals surface area contributed by atoms with Gasteiger partial charge in [0.05, 0.1) is 17.8 Å². The first kappa shape index (κ1) is 23.1. The van der Waals surface area contributed by atoms with Crippen LogP contribution in [0, 0.1) is 12.8 Å². The van der Waals surface area contributed by atoms with E-state index >= 15 is 0 Å². The molecule has 2 aliphatic rings. The fourth-order valence-corrected chi connectivity index (χ4v) is 5.70. The number of hydrogen-bond donors (Lipinski definition) is 2. The van der Waals surface area contributed by atoms with Crippen LogP contribution < -0.4 is 20.9 Å². The predicted molar refractivity (Wildman–Crippen MR) is 141 cm³/mol. The third-order valence-corrected chi connectivity index (χ3v) is 7.43. The zero-order valence-corrected chi connectivity index (χ0v) is 20.6. The normalized spacial score (nSPS) is 18.6. The summed E-state index contributed by atoms with van der Waals surface area (Å²) in [6, 6.07) is 17.2. The van der Waals surface area contributed by atoms with Gasteiger partial charge in [0.25, 0.3) is 5.56 Å². The van der Waals surface area contributed by atoms with E-state index in [9.17, 15) is 14.4 Å². The average Bonchev–Trinajstić information content (AvgIpc) is 3.64. The van der Waals surface area contributed by atoms with Crippen LogP contribution in [0.25, 0.3) is 16.7 Å². The Morgan fingerprint density at radius 2 is 1.86 bits per heavy atom. The number of amides is 1. The average molecular weight is 500 g/mol. The minimum absolute atomic E-state index is 0.148. The molecule has 0 spiro atoms. The molecule has 2 bridgehead atoms. The molecule has 6 rings (SSSR count). The Labute approximate surface area is 213 Å². The van der Waals surface area contributed by atoms with E-state index in [0.717, 1.165) is 19.5 Å². The van der Waals surface area contributed by atoms with Gasteiger partial charge >= 0.3 is 5.69 Å². The monoisotopic (exact) mass is 499 g/mol. The van der Waals surface area contributed by atoms with Crippen molar-refractivity contribution in [2.75, 3.05) is 24.6 Å². The van der Waals surface area contributed by atoms with Crippen LogP contribution >= 0.6 is 0 Å². The molecule has 0 radical (unpaired) electrons. The molecule has 2 aromatic heterocycles. The number of fused-ring (bicyclic) bond motifs is 3. The lowest BCUT2D eigenvalue weighted by molar-refractivity contribution is -0.132. The maximum Gasteiger partial charge on any atom is 0.333 e. The molecule has 2 atom stereocenters. The van der Waals surface area contributed by atoms with Crippen molar-refractivity contribution in [1.82, 2.24) is 19.4 Å². The molecule has 2 aliphatic heterocycles. The lowest BCUT2D eigenvalue weighted by Gasteiger charge is -2.38. The van der Waals surface area contributed by atoms with Gasteiger partial charge in [-0.15, -0.1) is 0 Å². The number of benzene rings is 2. The number of aromatic nitrogens is 3. The van der Waals surface area contributed by atoms with E-state index in [-0.39, 0.29) is 12.1 Å². The summed E-state index contributed by atoms with van der Waals surface area (Å²) in [6.45, 7) is 4.40. The van der Waals surface area contributed by atoms with Crippen molar-refractivity contribution in [2.24, 2.45) is 5.92 Å². The summed E-state index contributed by atoms with van der Waals surface area (Å²) in [4.78, 5) is 47.0. The van der Waals surface area contributed by atoms with Gasteiger partial charge in [0.15, 0.2) is 0 Å². The van der Waals surface area contributed by atoms with E-state index < -0.39 is 11.2 Å². The van der Waals surface area contributed by atoms with Crippen LogP contribution in [-0.4, -0.2) is 51.2 Å². The Hall–Kier alpha value is -4.27. The summed E-state index contributed by atoms with van der Waals surface area (Å²) >= 11 is 0. The van der Waals surface area contributed by atoms with Gasteiger partial charge in [0.2, 0.25) is 5.91 Å². The largest absolute Gasteiger partial charge is 0.494 e. The first-order valence-corrected chi connectivity index (χ1v) is 12.7. The Bertz CT molecular complexity index is 1570. The van der Waals surface area contributed by atoms with Crippen LogP contribution in [0.5, 0.6) is 5.75 Å². The first-order valence-electron chi connectivity index (χ1n) is 12.7. The second kappa shape index (κ2) is 9.31. The number of anilines is 1. The van der Waals surface area contributed by atoms with Crippen molar-refractivity contribution in [1.29, 1.82) is 0 Å². The van der Waals surface area contributed by atoms with Crippen LogP contribution in [0.15, 0.2) is 70.4 Å². The smallest absolute Gasteiger partial charge is 0.333 e. The van der Waals surface area contributed by atoms with Gasteiger partial charge in [0, 0.05) is 31.4 Å². The Kier molecular flexibility index (Phi) is 5.82. The molecule has 2 unspecified atom stereocenters. The lowest BCUT2D eigenvalue weighted by atomic mass is 10.1. The van der Waals surface area contributed by atoms with E-state index in [1.165, 1.54) is 15.8 Å². The second-order valence-electron chi connectivity index (χ2n) is 9.85. The fourth-order valence-electron chi connectivity index (χ4n) is 5.70. The van der Waals surface area contributed by atoms with Crippen molar-refractivity contribution in [3.63, 3.8) is 0 Å². The molecule has 2 saturated heterocycles. The molecule has 0 saturated carbocycles. The van der Waals surface area contributed by atoms with Crippen molar-refractivity contribution >= 4 is 22.6 Å². The molecule has 37 heavy (non-hydrogen) atoms. The maximum atomic E-state index is 13.0. The van der Waals surface area contributed by atoms with E-state index in [1.807, 2.05) is 11.0 Å². The van der Waals surface area contributed by atoms with E-state index in [0.29, 0.717) is 47.8 Å². The van der Waals surface area contributed by atoms with Crippen LogP contribution in [-0.2, 0) is 4.79 Å². The number of nitrogens with zero attached hydrogens (tertiary/aromatic N) is 3. The minimum Gasteiger partial charge on any atom is -0.494 e. The number of aryl methyl sites for hydroxylation is 1. The summed E-state index contributed by atoms with van der Waals surface area (Å²) in [6.07, 6.45) is 3.89. The van der Waals surface area contributed by atoms with Crippen molar-refractivity contribution in [3.8, 4) is 11.4 Å². The number of ether oxygens (including phenoxy) is 1. The summed E-state index contributed by atoms with van der Waals surface area (Å²) in [5, 5.41) is 0. The van der Waals surface area contributed by atoms with Gasteiger partial charge in [0.1, 0.15) is 17.4 Å². The van der Waals surface area contributed by atoms with Crippen molar-refractivity contribution in [2.45, 2.75) is 32.4 Å². The molecule has 0 aliphatic carbocycles. The van der Waals surface area contributed by atoms with Gasteiger partial charge in [-0.3, -0.25) is 19.1 Å². The molecule has 9 heteroatoms. The van der Waals surface area contributed by atoms with Crippen molar-refractivity contribution in [3.05, 3.63) is 87.2 Å². The molecule has 2 fully saturated rings. The zero-order valence-electron chi connectivity index (χ0n) is 20.6. The van der Waals surface area contributed by atoms with Crippen LogP contribution in [0.2, 0.25) is 0 Å². The topological polar surface area (TPSA) is 103 Å². The molecular formula is C28H29N5O4. The van der Waals surface area contributed by atoms with Gasteiger partial charge in [-0.05, 0) is 67.6 Å². The van der Waals surface area contributed by atoms with Crippen LogP contribution in [0.3, 0.4) is 0 Å². The minimum atomic E-state index is -0.499. The first-order chi connectivity index (χ1) is 18.0. The third-order valence-electron chi connectivity index (χ3n) is 7.43. The molecule has 4 heterocycles. The Morgan fingerprint density at radius 3 is 2.65 bits per heavy atom. The second-order valence-corrected chi connectivity index (χ2v) is 9.85. The van der Waals surface area contributed by atoms with E-state index in [2.05, 4.69) is 40.0 Å². The number of carbonyl (C=O) groups is 1. The highest BCUT2D eigenvalue weighted by Crippen LogP contribution is 2.39. The number of H-pyrrole nitrogens is 2. The predicted octanol–water partition coefficient (Wildman–Crippen LogP) is 3.17. The SMILES string of the molecule is Cc1ccccc1N1CC2CC1N(C(=O)CCCOc1ccc(-n3c(=O)[nH]c(=O)c4[nH]ccc43)cc1)C2. The Balaban J connectivity index is 1.05. The van der Waals surface area contributed by atoms with Crippen molar-refractivity contribution < 1.29 is 9.53 Å².